The Balaban J connectivity index is 1.85. The van der Waals surface area contributed by atoms with Crippen molar-refractivity contribution < 1.29 is 19.1 Å². The molecule has 1 heterocycles. The minimum atomic E-state index is -0.464. The van der Waals surface area contributed by atoms with Crippen LogP contribution in [0.3, 0.4) is 0 Å². The molecular weight excluding hydrogens is 380 g/mol. The Labute approximate surface area is 174 Å². The molecule has 3 aromatic carbocycles. The summed E-state index contributed by atoms with van der Waals surface area (Å²) in [6.07, 6.45) is 0. The van der Waals surface area contributed by atoms with Crippen LogP contribution in [0.2, 0.25) is 0 Å². The number of rotatable bonds is 6. The SMILES string of the molecule is COc1ccc(OC)c(N2C(=O)C(Nc3ccccc3)=C(c3ccccc3)C2=O)c1. The Bertz CT molecular complexity index is 1120. The lowest BCUT2D eigenvalue weighted by Crippen LogP contribution is -2.32. The molecule has 2 amide bonds. The van der Waals surface area contributed by atoms with Crippen LogP contribution in [0.15, 0.2) is 84.6 Å². The van der Waals surface area contributed by atoms with Gasteiger partial charge in [0.2, 0.25) is 0 Å². The van der Waals surface area contributed by atoms with Crippen LogP contribution < -0.4 is 19.7 Å². The molecule has 4 rings (SSSR count). The van der Waals surface area contributed by atoms with Crippen LogP contribution in [-0.4, -0.2) is 26.0 Å². The molecule has 6 nitrogen and oxygen atoms in total. The number of carbonyl (C=O) groups is 2. The number of ether oxygens (including phenoxy) is 2. The molecule has 0 spiro atoms. The lowest BCUT2D eigenvalue weighted by molar-refractivity contribution is -0.120. The number of benzene rings is 3. The third-order valence-electron chi connectivity index (χ3n) is 4.82. The van der Waals surface area contributed by atoms with Crippen molar-refractivity contribution in [2.45, 2.75) is 0 Å². The number of nitrogens with one attached hydrogen (secondary N) is 1. The highest BCUT2D eigenvalue weighted by Crippen LogP contribution is 2.39. The first-order chi connectivity index (χ1) is 14.6. The maximum absolute atomic E-state index is 13.5. The second-order valence-corrected chi connectivity index (χ2v) is 6.59. The van der Waals surface area contributed by atoms with Gasteiger partial charge in [0.25, 0.3) is 11.8 Å². The van der Waals surface area contributed by atoms with Crippen LogP contribution in [0, 0.1) is 0 Å². The van der Waals surface area contributed by atoms with Gasteiger partial charge in [-0.1, -0.05) is 48.5 Å². The van der Waals surface area contributed by atoms with Gasteiger partial charge in [0.15, 0.2) is 0 Å². The average Bonchev–Trinajstić information content (AvgIpc) is 3.03. The topological polar surface area (TPSA) is 67.9 Å². The van der Waals surface area contributed by atoms with E-state index in [-0.39, 0.29) is 5.70 Å². The van der Waals surface area contributed by atoms with Gasteiger partial charge in [0.05, 0.1) is 25.5 Å². The van der Waals surface area contributed by atoms with Gasteiger partial charge >= 0.3 is 0 Å². The van der Waals surface area contributed by atoms with E-state index in [4.69, 9.17) is 9.47 Å². The molecular formula is C24H20N2O4. The van der Waals surface area contributed by atoms with Crippen LogP contribution in [0.1, 0.15) is 5.56 Å². The molecule has 0 fully saturated rings. The lowest BCUT2D eigenvalue weighted by atomic mass is 10.0. The Morgan fingerprint density at radius 1 is 0.767 bits per heavy atom. The number of hydrogen-bond acceptors (Lipinski definition) is 5. The molecule has 0 atom stereocenters. The summed E-state index contributed by atoms with van der Waals surface area (Å²) in [5.74, 6) is 0.00782. The van der Waals surface area contributed by atoms with Gasteiger partial charge in [-0.15, -0.1) is 0 Å². The first-order valence-electron chi connectivity index (χ1n) is 9.36. The molecule has 0 unspecified atom stereocenters. The van der Waals surface area contributed by atoms with E-state index in [9.17, 15) is 9.59 Å². The largest absolute Gasteiger partial charge is 0.497 e. The van der Waals surface area contributed by atoms with E-state index in [0.29, 0.717) is 34.0 Å². The highest BCUT2D eigenvalue weighted by atomic mass is 16.5. The highest BCUT2D eigenvalue weighted by molar-refractivity contribution is 6.46. The number of para-hydroxylation sites is 1. The number of methoxy groups -OCH3 is 2. The van der Waals surface area contributed by atoms with E-state index in [1.54, 1.807) is 30.3 Å². The summed E-state index contributed by atoms with van der Waals surface area (Å²) >= 11 is 0. The zero-order valence-electron chi connectivity index (χ0n) is 16.6. The fraction of sp³-hybridized carbons (Fsp3) is 0.0833. The predicted octanol–water partition coefficient (Wildman–Crippen LogP) is 4.10. The van der Waals surface area contributed by atoms with Gasteiger partial charge in [0, 0.05) is 11.8 Å². The summed E-state index contributed by atoms with van der Waals surface area (Å²) in [6, 6.07) is 23.4. The molecule has 30 heavy (non-hydrogen) atoms. The third-order valence-corrected chi connectivity index (χ3v) is 4.82. The van der Waals surface area contributed by atoms with Crippen molar-refractivity contribution in [3.05, 3.63) is 90.1 Å². The van der Waals surface area contributed by atoms with E-state index in [0.717, 1.165) is 4.90 Å². The number of hydrogen-bond donors (Lipinski definition) is 1. The molecule has 0 saturated carbocycles. The van der Waals surface area contributed by atoms with E-state index < -0.39 is 11.8 Å². The summed E-state index contributed by atoms with van der Waals surface area (Å²) < 4.78 is 10.7. The van der Waals surface area contributed by atoms with Crippen molar-refractivity contribution in [1.82, 2.24) is 0 Å². The minimum Gasteiger partial charge on any atom is -0.497 e. The van der Waals surface area contributed by atoms with Gasteiger partial charge in [-0.2, -0.15) is 0 Å². The Hall–Kier alpha value is -4.06. The van der Waals surface area contributed by atoms with Gasteiger partial charge in [-0.3, -0.25) is 9.59 Å². The highest BCUT2D eigenvalue weighted by Gasteiger charge is 2.41. The van der Waals surface area contributed by atoms with Crippen LogP contribution in [0.25, 0.3) is 5.57 Å². The molecule has 0 radical (unpaired) electrons. The molecule has 1 aliphatic rings. The fourth-order valence-electron chi connectivity index (χ4n) is 3.37. The Morgan fingerprint density at radius 3 is 2.07 bits per heavy atom. The van der Waals surface area contributed by atoms with Crippen molar-refractivity contribution in [3.8, 4) is 11.5 Å². The van der Waals surface area contributed by atoms with E-state index in [1.807, 2.05) is 48.5 Å². The maximum atomic E-state index is 13.5. The lowest BCUT2D eigenvalue weighted by Gasteiger charge is -2.19. The van der Waals surface area contributed by atoms with Crippen molar-refractivity contribution >= 4 is 28.8 Å². The van der Waals surface area contributed by atoms with Crippen LogP contribution >= 0.6 is 0 Å². The van der Waals surface area contributed by atoms with Crippen LogP contribution in [-0.2, 0) is 9.59 Å². The zero-order chi connectivity index (χ0) is 21.1. The molecule has 0 aliphatic carbocycles. The molecule has 0 saturated heterocycles. The molecule has 1 N–H and O–H groups in total. The van der Waals surface area contributed by atoms with Crippen molar-refractivity contribution in [1.29, 1.82) is 0 Å². The standard InChI is InChI=1S/C24H20N2O4/c1-29-18-13-14-20(30-2)19(15-18)26-23(27)21(16-9-5-3-6-10-16)22(24(26)28)25-17-11-7-4-8-12-17/h3-15,25H,1-2H3. The molecule has 1 aliphatic heterocycles. The number of nitrogens with zero attached hydrogens (tertiary/aromatic N) is 1. The number of anilines is 2. The summed E-state index contributed by atoms with van der Waals surface area (Å²) in [7, 11) is 3.01. The van der Waals surface area contributed by atoms with Crippen LogP contribution in [0.4, 0.5) is 11.4 Å². The van der Waals surface area contributed by atoms with Crippen molar-refractivity contribution in [2.24, 2.45) is 0 Å². The average molecular weight is 400 g/mol. The van der Waals surface area contributed by atoms with E-state index in [2.05, 4.69) is 5.32 Å². The Morgan fingerprint density at radius 2 is 1.43 bits per heavy atom. The first kappa shape index (κ1) is 19.3. The monoisotopic (exact) mass is 400 g/mol. The molecule has 6 heteroatoms. The summed E-state index contributed by atoms with van der Waals surface area (Å²) in [5.41, 5.74) is 2.20. The van der Waals surface area contributed by atoms with Crippen molar-refractivity contribution in [3.63, 3.8) is 0 Å². The summed E-state index contributed by atoms with van der Waals surface area (Å²) in [4.78, 5) is 28.1. The fourth-order valence-corrected chi connectivity index (χ4v) is 3.37. The van der Waals surface area contributed by atoms with E-state index >= 15 is 0 Å². The van der Waals surface area contributed by atoms with Crippen LogP contribution in [0.5, 0.6) is 11.5 Å². The third kappa shape index (κ3) is 3.39. The second-order valence-electron chi connectivity index (χ2n) is 6.59. The smallest absolute Gasteiger partial charge is 0.282 e. The first-order valence-corrected chi connectivity index (χ1v) is 9.36. The van der Waals surface area contributed by atoms with Gasteiger partial charge in [-0.25, -0.2) is 4.90 Å². The molecule has 0 aromatic heterocycles. The molecule has 3 aromatic rings. The quantitative estimate of drug-likeness (QED) is 0.631. The molecule has 150 valence electrons. The molecule has 0 bridgehead atoms. The Kier molecular flexibility index (Phi) is 5.22. The summed E-state index contributed by atoms with van der Waals surface area (Å²) in [5, 5.41) is 3.13. The second kappa shape index (κ2) is 8.13. The normalized spacial score (nSPS) is 13.6. The van der Waals surface area contributed by atoms with Gasteiger partial charge in [-0.05, 0) is 29.8 Å². The van der Waals surface area contributed by atoms with Gasteiger partial charge in [0.1, 0.15) is 17.2 Å². The zero-order valence-corrected chi connectivity index (χ0v) is 16.6. The van der Waals surface area contributed by atoms with Gasteiger partial charge < -0.3 is 14.8 Å². The van der Waals surface area contributed by atoms with E-state index in [1.165, 1.54) is 14.2 Å². The number of imide groups is 1. The predicted molar refractivity (Wildman–Crippen MR) is 115 cm³/mol. The maximum Gasteiger partial charge on any atom is 0.282 e. The van der Waals surface area contributed by atoms with Crippen molar-refractivity contribution in [2.75, 3.05) is 24.4 Å². The minimum absolute atomic E-state index is 0.210. The number of carbonyl (C=O) groups excluding carboxylic acids is 2. The summed E-state index contributed by atoms with van der Waals surface area (Å²) in [6.45, 7) is 0. The number of amides is 2.